The Morgan fingerprint density at radius 2 is 2.07 bits per heavy atom. The molecule has 4 nitrogen and oxygen atoms in total. The Kier molecular flexibility index (Phi) is 3.08. The lowest BCUT2D eigenvalue weighted by Gasteiger charge is -2.12. The van der Waals surface area contributed by atoms with Crippen molar-refractivity contribution in [2.75, 3.05) is 7.05 Å². The molecule has 1 aromatic carbocycles. The van der Waals surface area contributed by atoms with Crippen LogP contribution >= 0.6 is 0 Å². The van der Waals surface area contributed by atoms with E-state index in [1.54, 1.807) is 24.3 Å². The standard InChI is InChI=1S/C10H10N2O2/c1-12(10(13)14)7-9-4-2-8(6-11)3-5-9/h2-5H,7H2,1H3,(H,13,14). The van der Waals surface area contributed by atoms with Gasteiger partial charge in [0.1, 0.15) is 0 Å². The van der Waals surface area contributed by atoms with Gasteiger partial charge in [0.05, 0.1) is 11.6 Å². The first kappa shape index (κ1) is 10.1. The summed E-state index contributed by atoms with van der Waals surface area (Å²) >= 11 is 0. The molecule has 0 spiro atoms. The van der Waals surface area contributed by atoms with Crippen molar-refractivity contribution in [2.24, 2.45) is 0 Å². The van der Waals surface area contributed by atoms with E-state index in [-0.39, 0.29) is 0 Å². The number of hydrogen-bond acceptors (Lipinski definition) is 2. The Bertz CT molecular complexity index is 365. The molecule has 0 bridgehead atoms. The predicted octanol–water partition coefficient (Wildman–Crippen LogP) is 1.67. The SMILES string of the molecule is CN(Cc1ccc(C#N)cc1)C(=O)O. The van der Waals surface area contributed by atoms with Gasteiger partial charge < -0.3 is 10.0 Å². The van der Waals surface area contributed by atoms with Crippen molar-refractivity contribution in [3.63, 3.8) is 0 Å². The number of hydrogen-bond donors (Lipinski definition) is 1. The largest absolute Gasteiger partial charge is 0.465 e. The zero-order chi connectivity index (χ0) is 10.6. The molecule has 0 radical (unpaired) electrons. The predicted molar refractivity (Wildman–Crippen MR) is 50.6 cm³/mol. The molecule has 4 heteroatoms. The van der Waals surface area contributed by atoms with Crippen LogP contribution in [0.3, 0.4) is 0 Å². The summed E-state index contributed by atoms with van der Waals surface area (Å²) in [7, 11) is 1.50. The van der Waals surface area contributed by atoms with Crippen LogP contribution in [-0.4, -0.2) is 23.1 Å². The van der Waals surface area contributed by atoms with E-state index in [0.717, 1.165) is 5.56 Å². The first-order valence-corrected chi connectivity index (χ1v) is 4.06. The van der Waals surface area contributed by atoms with Crippen LogP contribution in [-0.2, 0) is 6.54 Å². The number of carbonyl (C=O) groups is 1. The van der Waals surface area contributed by atoms with Gasteiger partial charge >= 0.3 is 6.09 Å². The second kappa shape index (κ2) is 4.28. The molecule has 0 unspecified atom stereocenters. The van der Waals surface area contributed by atoms with Crippen molar-refractivity contribution >= 4 is 6.09 Å². The highest BCUT2D eigenvalue weighted by atomic mass is 16.4. The van der Waals surface area contributed by atoms with E-state index in [2.05, 4.69) is 0 Å². The zero-order valence-corrected chi connectivity index (χ0v) is 7.77. The molecule has 1 amide bonds. The topological polar surface area (TPSA) is 64.3 Å². The molecule has 0 heterocycles. The lowest BCUT2D eigenvalue weighted by Crippen LogP contribution is -2.23. The van der Waals surface area contributed by atoms with Crippen LogP contribution in [0.2, 0.25) is 0 Å². The average molecular weight is 190 g/mol. The molecule has 0 saturated heterocycles. The van der Waals surface area contributed by atoms with E-state index in [4.69, 9.17) is 10.4 Å². The second-order valence-corrected chi connectivity index (χ2v) is 2.95. The summed E-state index contributed by atoms with van der Waals surface area (Å²) in [6.45, 7) is 0.334. The Morgan fingerprint density at radius 3 is 2.50 bits per heavy atom. The fourth-order valence-corrected chi connectivity index (χ4v) is 1.03. The number of rotatable bonds is 2. The summed E-state index contributed by atoms with van der Waals surface area (Å²) in [6.07, 6.45) is -0.964. The molecule has 0 atom stereocenters. The highest BCUT2D eigenvalue weighted by Crippen LogP contribution is 2.05. The Morgan fingerprint density at radius 1 is 1.50 bits per heavy atom. The van der Waals surface area contributed by atoms with Gasteiger partial charge in [-0.05, 0) is 17.7 Å². The third kappa shape index (κ3) is 2.49. The van der Waals surface area contributed by atoms with Crippen molar-refractivity contribution in [2.45, 2.75) is 6.54 Å². The molecular weight excluding hydrogens is 180 g/mol. The minimum Gasteiger partial charge on any atom is -0.465 e. The van der Waals surface area contributed by atoms with E-state index in [1.165, 1.54) is 11.9 Å². The lowest BCUT2D eigenvalue weighted by molar-refractivity contribution is 0.154. The fraction of sp³-hybridized carbons (Fsp3) is 0.200. The van der Waals surface area contributed by atoms with Gasteiger partial charge in [-0.15, -0.1) is 0 Å². The third-order valence-corrected chi connectivity index (χ3v) is 1.83. The summed E-state index contributed by atoms with van der Waals surface area (Å²) in [5, 5.41) is 17.2. The van der Waals surface area contributed by atoms with Crippen molar-refractivity contribution in [3.05, 3.63) is 35.4 Å². The third-order valence-electron chi connectivity index (χ3n) is 1.83. The van der Waals surface area contributed by atoms with Crippen LogP contribution in [0.25, 0.3) is 0 Å². The van der Waals surface area contributed by atoms with Gasteiger partial charge in [0.2, 0.25) is 0 Å². The van der Waals surface area contributed by atoms with Crippen molar-refractivity contribution < 1.29 is 9.90 Å². The van der Waals surface area contributed by atoms with Crippen molar-refractivity contribution in [3.8, 4) is 6.07 Å². The van der Waals surface area contributed by atoms with Crippen LogP contribution in [0.4, 0.5) is 4.79 Å². The molecule has 0 aliphatic rings. The minimum absolute atomic E-state index is 0.334. The van der Waals surface area contributed by atoms with Crippen molar-refractivity contribution in [1.29, 1.82) is 5.26 Å². The van der Waals surface area contributed by atoms with E-state index in [0.29, 0.717) is 12.1 Å². The maximum absolute atomic E-state index is 10.5. The molecule has 1 N–H and O–H groups in total. The van der Waals surface area contributed by atoms with E-state index in [1.807, 2.05) is 6.07 Å². The van der Waals surface area contributed by atoms with Gasteiger partial charge in [-0.25, -0.2) is 4.79 Å². The number of carboxylic acid groups (broad SMARTS) is 1. The van der Waals surface area contributed by atoms with Gasteiger partial charge in [-0.3, -0.25) is 0 Å². The minimum atomic E-state index is -0.964. The number of nitriles is 1. The van der Waals surface area contributed by atoms with E-state index >= 15 is 0 Å². The molecule has 0 fully saturated rings. The first-order valence-electron chi connectivity index (χ1n) is 4.06. The summed E-state index contributed by atoms with van der Waals surface area (Å²) < 4.78 is 0. The molecule has 14 heavy (non-hydrogen) atoms. The van der Waals surface area contributed by atoms with E-state index in [9.17, 15) is 4.79 Å². The Hall–Kier alpha value is -2.02. The monoisotopic (exact) mass is 190 g/mol. The number of nitrogens with zero attached hydrogens (tertiary/aromatic N) is 2. The highest BCUT2D eigenvalue weighted by molar-refractivity contribution is 5.64. The molecule has 1 rings (SSSR count). The summed E-state index contributed by atoms with van der Waals surface area (Å²) in [5.41, 5.74) is 1.45. The van der Waals surface area contributed by atoms with Gasteiger partial charge in [0, 0.05) is 13.6 Å². The molecule has 72 valence electrons. The molecule has 0 aromatic heterocycles. The molecule has 1 aromatic rings. The molecule has 0 saturated carbocycles. The normalized spacial score (nSPS) is 9.14. The average Bonchev–Trinajstić information content (AvgIpc) is 2.19. The molecule has 0 aliphatic carbocycles. The Balaban J connectivity index is 2.70. The van der Waals surface area contributed by atoms with Crippen LogP contribution in [0.5, 0.6) is 0 Å². The zero-order valence-electron chi connectivity index (χ0n) is 7.77. The quantitative estimate of drug-likeness (QED) is 0.771. The van der Waals surface area contributed by atoms with Crippen LogP contribution in [0.1, 0.15) is 11.1 Å². The second-order valence-electron chi connectivity index (χ2n) is 2.95. The van der Waals surface area contributed by atoms with Gasteiger partial charge in [0.25, 0.3) is 0 Å². The summed E-state index contributed by atoms with van der Waals surface area (Å²) in [4.78, 5) is 11.7. The Labute approximate surface area is 82.0 Å². The highest BCUT2D eigenvalue weighted by Gasteiger charge is 2.05. The van der Waals surface area contributed by atoms with Gasteiger partial charge in [-0.1, -0.05) is 12.1 Å². The van der Waals surface area contributed by atoms with Crippen LogP contribution < -0.4 is 0 Å². The lowest BCUT2D eigenvalue weighted by atomic mass is 10.1. The molecular formula is C10H10N2O2. The first-order chi connectivity index (χ1) is 6.63. The van der Waals surface area contributed by atoms with E-state index < -0.39 is 6.09 Å². The summed E-state index contributed by atoms with van der Waals surface area (Å²) in [6, 6.07) is 8.84. The number of benzene rings is 1. The molecule has 0 aliphatic heterocycles. The summed E-state index contributed by atoms with van der Waals surface area (Å²) in [5.74, 6) is 0. The maximum Gasteiger partial charge on any atom is 0.407 e. The number of amides is 1. The maximum atomic E-state index is 10.5. The van der Waals surface area contributed by atoms with Gasteiger partial charge in [0.15, 0.2) is 0 Å². The fourth-order valence-electron chi connectivity index (χ4n) is 1.03. The smallest absolute Gasteiger partial charge is 0.407 e. The van der Waals surface area contributed by atoms with Crippen LogP contribution in [0, 0.1) is 11.3 Å². The van der Waals surface area contributed by atoms with Crippen LogP contribution in [0.15, 0.2) is 24.3 Å². The van der Waals surface area contributed by atoms with Gasteiger partial charge in [-0.2, -0.15) is 5.26 Å². The van der Waals surface area contributed by atoms with Crippen molar-refractivity contribution in [1.82, 2.24) is 4.90 Å².